The van der Waals surface area contributed by atoms with Crippen molar-refractivity contribution in [2.75, 3.05) is 0 Å². The van der Waals surface area contributed by atoms with Crippen molar-refractivity contribution in [1.29, 1.82) is 0 Å². The molecule has 0 fully saturated rings. The van der Waals surface area contributed by atoms with Crippen molar-refractivity contribution in [2.45, 2.75) is 4.90 Å². The Balaban J connectivity index is 3.36. The standard InChI is InChI=1S/C7H6NO3S/c1-12(11)7-5-3-2-4-6(7)8(9)10/h2-5H,1H2/q-1. The number of hydrogen-bond donors (Lipinski definition) is 0. The Morgan fingerprint density at radius 2 is 2.00 bits per heavy atom. The first-order valence-corrected chi connectivity index (χ1v) is 4.39. The van der Waals surface area contributed by atoms with Crippen LogP contribution in [0.4, 0.5) is 5.69 Å². The van der Waals surface area contributed by atoms with E-state index in [1.807, 2.05) is 0 Å². The molecule has 1 aromatic carbocycles. The normalized spacial score (nSPS) is 10.1. The van der Waals surface area contributed by atoms with E-state index in [1.54, 1.807) is 6.07 Å². The van der Waals surface area contributed by atoms with Crippen molar-refractivity contribution in [3.8, 4) is 0 Å². The summed E-state index contributed by atoms with van der Waals surface area (Å²) in [6.07, 6.45) is 0. The van der Waals surface area contributed by atoms with Crippen LogP contribution < -0.4 is 0 Å². The van der Waals surface area contributed by atoms with Gasteiger partial charge in [-0.05, 0) is 4.90 Å². The molecule has 0 heterocycles. The zero-order valence-electron chi connectivity index (χ0n) is 6.10. The van der Waals surface area contributed by atoms with Crippen LogP contribution in [0, 0.1) is 10.1 Å². The maximum atomic E-state index is 10.9. The minimum Gasteiger partial charge on any atom is -0.457 e. The summed E-state index contributed by atoms with van der Waals surface area (Å²) in [6.45, 7) is 0. The van der Waals surface area contributed by atoms with Gasteiger partial charge in [-0.15, -0.1) is 0 Å². The van der Waals surface area contributed by atoms with E-state index in [0.717, 1.165) is 0 Å². The van der Waals surface area contributed by atoms with Crippen molar-refractivity contribution >= 4 is 21.9 Å². The van der Waals surface area contributed by atoms with E-state index >= 15 is 0 Å². The van der Waals surface area contributed by atoms with Gasteiger partial charge in [-0.1, -0.05) is 18.2 Å². The third-order valence-corrected chi connectivity index (χ3v) is 2.14. The summed E-state index contributed by atoms with van der Waals surface area (Å²) in [5.41, 5.74) is -0.147. The van der Waals surface area contributed by atoms with E-state index in [1.165, 1.54) is 18.2 Å². The van der Waals surface area contributed by atoms with Crippen LogP contribution in [0.3, 0.4) is 0 Å². The molecule has 0 unspecified atom stereocenters. The molecule has 0 aromatic heterocycles. The predicted molar refractivity (Wildman–Crippen MR) is 46.5 cm³/mol. The Labute approximate surface area is 71.0 Å². The van der Waals surface area contributed by atoms with Gasteiger partial charge in [-0.25, -0.2) is 10.4 Å². The average Bonchev–Trinajstić information content (AvgIpc) is 2.04. The second-order valence-electron chi connectivity index (χ2n) is 2.07. The van der Waals surface area contributed by atoms with Gasteiger partial charge in [-0.3, -0.25) is 10.1 Å². The molecule has 12 heavy (non-hydrogen) atoms. The fourth-order valence-corrected chi connectivity index (χ4v) is 1.41. The number of benzene rings is 1. The lowest BCUT2D eigenvalue weighted by Gasteiger charge is -2.02. The van der Waals surface area contributed by atoms with E-state index in [9.17, 15) is 14.3 Å². The van der Waals surface area contributed by atoms with Gasteiger partial charge >= 0.3 is 0 Å². The van der Waals surface area contributed by atoms with Crippen LogP contribution in [0.5, 0.6) is 0 Å². The van der Waals surface area contributed by atoms with E-state index in [-0.39, 0.29) is 10.6 Å². The van der Waals surface area contributed by atoms with Crippen LogP contribution in [0.15, 0.2) is 29.2 Å². The highest BCUT2D eigenvalue weighted by Gasteiger charge is 2.05. The van der Waals surface area contributed by atoms with Gasteiger partial charge in [0.15, 0.2) is 0 Å². The van der Waals surface area contributed by atoms with E-state index in [2.05, 4.69) is 5.87 Å². The van der Waals surface area contributed by atoms with Gasteiger partial charge in [-0.2, -0.15) is 5.87 Å². The Hall–Kier alpha value is -1.36. The predicted octanol–water partition coefficient (Wildman–Crippen LogP) is 1.35. The monoisotopic (exact) mass is 184 g/mol. The average molecular weight is 184 g/mol. The maximum Gasteiger partial charge on any atom is 0.253 e. The first-order chi connectivity index (χ1) is 5.63. The largest absolute Gasteiger partial charge is 0.457 e. The summed E-state index contributed by atoms with van der Waals surface area (Å²) in [7, 11) is -1.55. The van der Waals surface area contributed by atoms with Crippen molar-refractivity contribution in [3.63, 3.8) is 0 Å². The highest BCUT2D eigenvalue weighted by molar-refractivity contribution is 7.82. The Kier molecular flexibility index (Phi) is 2.44. The van der Waals surface area contributed by atoms with Crippen LogP contribution in [0.25, 0.3) is 0 Å². The summed E-state index contributed by atoms with van der Waals surface area (Å²) >= 11 is 0. The summed E-state index contributed by atoms with van der Waals surface area (Å²) < 4.78 is 10.9. The molecule has 5 heteroatoms. The third-order valence-electron chi connectivity index (χ3n) is 1.31. The van der Waals surface area contributed by atoms with Gasteiger partial charge in [0.05, 0.1) is 4.92 Å². The molecular formula is C7H6NO3S-. The lowest BCUT2D eigenvalue weighted by atomic mass is 10.3. The SMILES string of the molecule is C=[S-](=O)c1ccccc1[N+](=O)[O-]. The quantitative estimate of drug-likeness (QED) is 0.301. The number of para-hydroxylation sites is 1. The van der Waals surface area contributed by atoms with Gasteiger partial charge in [0, 0.05) is 6.07 Å². The van der Waals surface area contributed by atoms with Crippen molar-refractivity contribution in [3.05, 3.63) is 34.4 Å². The lowest BCUT2D eigenvalue weighted by Crippen LogP contribution is -1.92. The molecule has 64 valence electrons. The van der Waals surface area contributed by atoms with Crippen LogP contribution in [0.1, 0.15) is 0 Å². The molecule has 0 amide bonds. The fourth-order valence-electron chi connectivity index (χ4n) is 0.801. The lowest BCUT2D eigenvalue weighted by molar-refractivity contribution is -0.387. The molecule has 0 saturated heterocycles. The van der Waals surface area contributed by atoms with Gasteiger partial charge in [0.2, 0.25) is 0 Å². The van der Waals surface area contributed by atoms with Crippen molar-refractivity contribution in [1.82, 2.24) is 0 Å². The number of nitro groups is 1. The molecule has 0 spiro atoms. The molecule has 1 rings (SSSR count). The molecule has 0 atom stereocenters. The molecular weight excluding hydrogens is 178 g/mol. The van der Waals surface area contributed by atoms with E-state index in [0.29, 0.717) is 0 Å². The van der Waals surface area contributed by atoms with Gasteiger partial charge in [0.1, 0.15) is 0 Å². The molecule has 0 aliphatic heterocycles. The minimum absolute atomic E-state index is 0.147. The summed E-state index contributed by atoms with van der Waals surface area (Å²) in [5.74, 6) is 3.22. The molecule has 0 bridgehead atoms. The molecule has 0 aliphatic carbocycles. The van der Waals surface area contributed by atoms with Crippen molar-refractivity contribution < 1.29 is 9.13 Å². The second-order valence-corrected chi connectivity index (χ2v) is 3.20. The van der Waals surface area contributed by atoms with Crippen molar-refractivity contribution in [2.24, 2.45) is 0 Å². The summed E-state index contributed by atoms with van der Waals surface area (Å²) in [4.78, 5) is 9.95. The second kappa shape index (κ2) is 3.36. The number of rotatable bonds is 2. The molecule has 0 radical (unpaired) electrons. The minimum atomic E-state index is -1.55. The highest BCUT2D eigenvalue weighted by Crippen LogP contribution is 2.18. The maximum absolute atomic E-state index is 10.9. The number of nitrogens with zero attached hydrogens (tertiary/aromatic N) is 1. The third kappa shape index (κ3) is 1.62. The Morgan fingerprint density at radius 3 is 2.42 bits per heavy atom. The summed E-state index contributed by atoms with van der Waals surface area (Å²) in [6, 6.07) is 5.85. The Morgan fingerprint density at radius 1 is 1.42 bits per heavy atom. The number of hydrogen-bond acceptors (Lipinski definition) is 4. The zero-order chi connectivity index (χ0) is 9.14. The first-order valence-electron chi connectivity index (χ1n) is 3.08. The molecule has 1 aromatic rings. The smallest absolute Gasteiger partial charge is 0.253 e. The molecule has 4 nitrogen and oxygen atoms in total. The zero-order valence-corrected chi connectivity index (χ0v) is 6.91. The molecule has 0 saturated carbocycles. The van der Waals surface area contributed by atoms with E-state index in [4.69, 9.17) is 0 Å². The fraction of sp³-hybridized carbons (Fsp3) is 0. The van der Waals surface area contributed by atoms with Gasteiger partial charge < -0.3 is 4.21 Å². The van der Waals surface area contributed by atoms with Crippen LogP contribution >= 0.6 is 0 Å². The first kappa shape index (κ1) is 8.73. The highest BCUT2D eigenvalue weighted by atomic mass is 32.2. The van der Waals surface area contributed by atoms with Gasteiger partial charge in [0.25, 0.3) is 5.69 Å². The van der Waals surface area contributed by atoms with E-state index < -0.39 is 15.3 Å². The number of nitro benzene ring substituents is 1. The Bertz CT molecular complexity index is 376. The van der Waals surface area contributed by atoms with Crippen LogP contribution in [-0.2, 0) is 14.6 Å². The van der Waals surface area contributed by atoms with Crippen LogP contribution in [-0.4, -0.2) is 10.8 Å². The van der Waals surface area contributed by atoms with Crippen LogP contribution in [0.2, 0.25) is 0 Å². The molecule has 0 N–H and O–H groups in total. The summed E-state index contributed by atoms with van der Waals surface area (Å²) in [5, 5.41) is 10.4. The topological polar surface area (TPSA) is 60.2 Å². The molecule has 0 aliphatic rings.